The first-order chi connectivity index (χ1) is 8.93. The maximum atomic E-state index is 6.02. The van der Waals surface area contributed by atoms with Crippen LogP contribution < -0.4 is 0 Å². The molecule has 0 atom stereocenters. The van der Waals surface area contributed by atoms with Crippen LogP contribution in [0.5, 0.6) is 0 Å². The molecule has 0 N–H and O–H groups in total. The van der Waals surface area contributed by atoms with Crippen LogP contribution in [0.25, 0.3) is 11.2 Å². The number of nitrogens with zero attached hydrogens (tertiary/aromatic N) is 4. The Morgan fingerprint density at radius 3 is 2.74 bits per heavy atom. The lowest BCUT2D eigenvalue weighted by molar-refractivity contribution is 0.211. The molecule has 0 aromatic carbocycles. The van der Waals surface area contributed by atoms with Crippen LogP contribution in [0, 0.1) is 5.41 Å². The lowest BCUT2D eigenvalue weighted by Crippen LogP contribution is -2.32. The van der Waals surface area contributed by atoms with Crippen molar-refractivity contribution in [3.05, 3.63) is 24.2 Å². The molecule has 4 nitrogen and oxygen atoms in total. The highest BCUT2D eigenvalue weighted by molar-refractivity contribution is 6.16. The molecule has 0 aliphatic rings. The molecule has 0 unspecified atom stereocenters. The van der Waals surface area contributed by atoms with Crippen molar-refractivity contribution in [2.75, 3.05) is 20.6 Å². The molecule has 0 saturated carbocycles. The van der Waals surface area contributed by atoms with Gasteiger partial charge in [-0.2, -0.15) is 0 Å². The number of pyridine rings is 1. The minimum absolute atomic E-state index is 0.134. The average Bonchev–Trinajstić information content (AvgIpc) is 2.65. The first-order valence-electron chi connectivity index (χ1n) is 6.44. The van der Waals surface area contributed by atoms with Crippen molar-refractivity contribution in [1.29, 1.82) is 0 Å². The lowest BCUT2D eigenvalue weighted by Gasteiger charge is -2.29. The molecule has 0 amide bonds. The molecule has 2 heterocycles. The van der Waals surface area contributed by atoms with Gasteiger partial charge >= 0.3 is 0 Å². The third-order valence-corrected chi connectivity index (χ3v) is 3.27. The summed E-state index contributed by atoms with van der Waals surface area (Å²) in [6.45, 7) is 6.36. The van der Waals surface area contributed by atoms with Gasteiger partial charge in [0.25, 0.3) is 0 Å². The van der Waals surface area contributed by atoms with Crippen LogP contribution in [-0.2, 0) is 12.4 Å². The Hall–Kier alpha value is -1.13. The normalized spacial score (nSPS) is 12.5. The molecule has 0 aliphatic heterocycles. The van der Waals surface area contributed by atoms with Gasteiger partial charge in [-0.05, 0) is 31.6 Å². The third-order valence-electron chi connectivity index (χ3n) is 3.03. The second kappa shape index (κ2) is 5.47. The molecule has 2 rings (SSSR count). The largest absolute Gasteiger partial charge is 0.311 e. The molecule has 2 aromatic heterocycles. The predicted molar refractivity (Wildman–Crippen MR) is 79.4 cm³/mol. The Morgan fingerprint density at radius 1 is 1.37 bits per heavy atom. The van der Waals surface area contributed by atoms with Crippen molar-refractivity contribution < 1.29 is 0 Å². The highest BCUT2D eigenvalue weighted by atomic mass is 35.5. The van der Waals surface area contributed by atoms with Gasteiger partial charge in [0.15, 0.2) is 5.65 Å². The molecule has 0 radical (unpaired) electrons. The van der Waals surface area contributed by atoms with Gasteiger partial charge in [0.2, 0.25) is 0 Å². The van der Waals surface area contributed by atoms with Crippen molar-refractivity contribution in [2.24, 2.45) is 5.41 Å². The van der Waals surface area contributed by atoms with E-state index in [0.29, 0.717) is 5.88 Å². The summed E-state index contributed by atoms with van der Waals surface area (Å²) in [5.74, 6) is 1.30. The molecule has 0 fully saturated rings. The van der Waals surface area contributed by atoms with E-state index in [4.69, 9.17) is 11.6 Å². The van der Waals surface area contributed by atoms with Gasteiger partial charge in [-0.3, -0.25) is 0 Å². The SMILES string of the molecule is CN(C)CC(C)(C)Cn1c(CCl)nc2cccnc21. The number of hydrogen-bond acceptors (Lipinski definition) is 3. The summed E-state index contributed by atoms with van der Waals surface area (Å²) in [5.41, 5.74) is 1.97. The van der Waals surface area contributed by atoms with Crippen molar-refractivity contribution in [1.82, 2.24) is 19.4 Å². The Labute approximate surface area is 119 Å². The summed E-state index contributed by atoms with van der Waals surface area (Å²) in [6, 6.07) is 3.89. The van der Waals surface area contributed by atoms with E-state index in [0.717, 1.165) is 30.1 Å². The maximum Gasteiger partial charge on any atom is 0.160 e. The molecule has 0 aliphatic carbocycles. The first-order valence-corrected chi connectivity index (χ1v) is 6.97. The number of alkyl halides is 1. The van der Waals surface area contributed by atoms with Crippen LogP contribution in [0.4, 0.5) is 0 Å². The first kappa shape index (κ1) is 14.3. The van der Waals surface area contributed by atoms with E-state index in [1.807, 2.05) is 12.1 Å². The summed E-state index contributed by atoms with van der Waals surface area (Å²) in [4.78, 5) is 11.2. The second-order valence-electron chi connectivity index (χ2n) is 6.00. The van der Waals surface area contributed by atoms with Crippen LogP contribution in [-0.4, -0.2) is 40.1 Å². The second-order valence-corrected chi connectivity index (χ2v) is 6.26. The zero-order valence-electron chi connectivity index (χ0n) is 12.0. The fourth-order valence-electron chi connectivity index (χ4n) is 2.61. The fraction of sp³-hybridized carbons (Fsp3) is 0.571. The average molecular weight is 281 g/mol. The van der Waals surface area contributed by atoms with Gasteiger partial charge in [-0.25, -0.2) is 9.97 Å². The molecular formula is C14H21ClN4. The molecule has 5 heteroatoms. The number of fused-ring (bicyclic) bond motifs is 1. The van der Waals surface area contributed by atoms with Gasteiger partial charge in [0.1, 0.15) is 11.3 Å². The van der Waals surface area contributed by atoms with Gasteiger partial charge in [-0.1, -0.05) is 13.8 Å². The Morgan fingerprint density at radius 2 is 2.11 bits per heavy atom. The van der Waals surface area contributed by atoms with Gasteiger partial charge in [-0.15, -0.1) is 11.6 Å². The fourth-order valence-corrected chi connectivity index (χ4v) is 2.81. The number of hydrogen-bond donors (Lipinski definition) is 0. The van der Waals surface area contributed by atoms with Crippen molar-refractivity contribution in [3.8, 4) is 0 Å². The molecule has 0 spiro atoms. The quantitative estimate of drug-likeness (QED) is 0.790. The highest BCUT2D eigenvalue weighted by Gasteiger charge is 2.23. The van der Waals surface area contributed by atoms with Crippen LogP contribution in [0.2, 0.25) is 0 Å². The van der Waals surface area contributed by atoms with Crippen molar-refractivity contribution in [3.63, 3.8) is 0 Å². The predicted octanol–water partition coefficient (Wildman–Crippen LogP) is 2.76. The van der Waals surface area contributed by atoms with Gasteiger partial charge < -0.3 is 9.47 Å². The number of aromatic nitrogens is 3. The van der Waals surface area contributed by atoms with Crippen LogP contribution >= 0.6 is 11.6 Å². The Bertz CT molecular complexity index is 560. The van der Waals surface area contributed by atoms with Crippen LogP contribution in [0.15, 0.2) is 18.3 Å². The molecule has 2 aromatic rings. The monoisotopic (exact) mass is 280 g/mol. The molecule has 0 saturated heterocycles. The lowest BCUT2D eigenvalue weighted by atomic mass is 9.93. The molecular weight excluding hydrogens is 260 g/mol. The summed E-state index contributed by atoms with van der Waals surface area (Å²) in [5, 5.41) is 0. The topological polar surface area (TPSA) is 34.0 Å². The minimum Gasteiger partial charge on any atom is -0.311 e. The van der Waals surface area contributed by atoms with E-state index in [9.17, 15) is 0 Å². The van der Waals surface area contributed by atoms with E-state index in [-0.39, 0.29) is 5.41 Å². The third kappa shape index (κ3) is 3.25. The van der Waals surface area contributed by atoms with Crippen LogP contribution in [0.3, 0.4) is 0 Å². The summed E-state index contributed by atoms with van der Waals surface area (Å²) in [6.07, 6.45) is 1.80. The molecule has 0 bridgehead atoms. The Kier molecular flexibility index (Phi) is 4.11. The van der Waals surface area contributed by atoms with E-state index in [1.54, 1.807) is 6.20 Å². The standard InChI is InChI=1S/C14H21ClN4/c1-14(2,9-18(3)4)10-19-12(8-15)17-11-6-5-7-16-13(11)19/h5-7H,8-10H2,1-4H3. The van der Waals surface area contributed by atoms with E-state index in [2.05, 4.69) is 47.4 Å². The number of imidazole rings is 1. The minimum atomic E-state index is 0.134. The van der Waals surface area contributed by atoms with Crippen molar-refractivity contribution >= 4 is 22.8 Å². The van der Waals surface area contributed by atoms with Crippen LogP contribution in [0.1, 0.15) is 19.7 Å². The maximum absolute atomic E-state index is 6.02. The van der Waals surface area contributed by atoms with Gasteiger partial charge in [0, 0.05) is 19.3 Å². The zero-order valence-corrected chi connectivity index (χ0v) is 12.8. The highest BCUT2D eigenvalue weighted by Crippen LogP contribution is 2.24. The van der Waals surface area contributed by atoms with E-state index >= 15 is 0 Å². The summed E-state index contributed by atoms with van der Waals surface area (Å²) < 4.78 is 2.14. The number of rotatable bonds is 5. The van der Waals surface area contributed by atoms with Gasteiger partial charge in [0.05, 0.1) is 5.88 Å². The summed E-state index contributed by atoms with van der Waals surface area (Å²) >= 11 is 6.02. The molecule has 19 heavy (non-hydrogen) atoms. The number of halogens is 1. The van der Waals surface area contributed by atoms with E-state index in [1.165, 1.54) is 0 Å². The van der Waals surface area contributed by atoms with Crippen molar-refractivity contribution in [2.45, 2.75) is 26.3 Å². The Balaban J connectivity index is 2.38. The molecule has 104 valence electrons. The summed E-state index contributed by atoms with van der Waals surface area (Å²) in [7, 11) is 4.18. The smallest absolute Gasteiger partial charge is 0.160 e. The zero-order chi connectivity index (χ0) is 14.0. The van der Waals surface area contributed by atoms with E-state index < -0.39 is 0 Å².